The van der Waals surface area contributed by atoms with Gasteiger partial charge < -0.3 is 17.3 Å². The van der Waals surface area contributed by atoms with E-state index in [4.69, 9.17) is 5.26 Å². The quantitative estimate of drug-likeness (QED) is 0.158. The van der Waals surface area contributed by atoms with Gasteiger partial charge in [-0.1, -0.05) is 5.73 Å². The van der Waals surface area contributed by atoms with Gasteiger partial charge in [-0.3, -0.25) is 5.26 Å². The van der Waals surface area contributed by atoms with Crippen LogP contribution in [-0.2, 0) is 33.0 Å². The number of esters is 1. The van der Waals surface area contributed by atoms with Crippen LogP contribution >= 0.6 is 0 Å². The smallest absolute Gasteiger partial charge is 0.345 e. The number of ether oxygens (including phenoxy) is 1. The molecule has 0 aromatic heterocycles. The standard InChI is InChI=1S/C13H14O5.CH3.V/c1-4-5-6-7-8-11(14)9-10-13(2,18-16)12(15)17-3;;/h4,9-10,14,16H,1-3H3;1H3;/q;-1;/b10-9+;;. The summed E-state index contributed by atoms with van der Waals surface area (Å²) in [7, 11) is 1.15. The van der Waals surface area contributed by atoms with E-state index in [1.54, 1.807) is 13.0 Å². The van der Waals surface area contributed by atoms with Crippen molar-refractivity contribution in [2.24, 2.45) is 0 Å². The Hall–Kier alpha value is -1.63. The van der Waals surface area contributed by atoms with Crippen molar-refractivity contribution >= 4 is 5.97 Å². The fourth-order valence-electron chi connectivity index (χ4n) is 0.822. The molecular weight excluding hydrogens is 299 g/mol. The molecule has 20 heavy (non-hydrogen) atoms. The first-order chi connectivity index (χ1) is 8.50. The second-order valence-corrected chi connectivity index (χ2v) is 3.22. The van der Waals surface area contributed by atoms with Crippen LogP contribution in [0, 0.1) is 7.43 Å². The molecular formula is C14H17O5V-. The van der Waals surface area contributed by atoms with Crippen LogP contribution in [0.15, 0.2) is 46.9 Å². The maximum atomic E-state index is 11.3. The summed E-state index contributed by atoms with van der Waals surface area (Å²) >= 11 is 0. The van der Waals surface area contributed by atoms with Crippen molar-refractivity contribution in [1.29, 1.82) is 0 Å². The van der Waals surface area contributed by atoms with Crippen LogP contribution in [0.2, 0.25) is 0 Å². The second kappa shape index (κ2) is 12.4. The Morgan fingerprint density at radius 2 is 1.95 bits per heavy atom. The van der Waals surface area contributed by atoms with Crippen molar-refractivity contribution in [2.75, 3.05) is 7.11 Å². The van der Waals surface area contributed by atoms with Crippen molar-refractivity contribution in [3.63, 3.8) is 0 Å². The van der Waals surface area contributed by atoms with Crippen LogP contribution in [0.25, 0.3) is 0 Å². The summed E-state index contributed by atoms with van der Waals surface area (Å²) in [5.41, 5.74) is 8.04. The third-order valence-electron chi connectivity index (χ3n) is 1.81. The first-order valence-corrected chi connectivity index (χ1v) is 4.95. The van der Waals surface area contributed by atoms with Gasteiger partial charge in [-0.05, 0) is 49.3 Å². The van der Waals surface area contributed by atoms with E-state index in [1.165, 1.54) is 6.92 Å². The molecule has 2 N–H and O–H groups in total. The molecule has 5 nitrogen and oxygen atoms in total. The molecule has 0 aromatic rings. The van der Waals surface area contributed by atoms with E-state index >= 15 is 0 Å². The number of aliphatic hydroxyl groups is 1. The molecule has 0 amide bonds. The van der Waals surface area contributed by atoms with Crippen LogP contribution in [-0.4, -0.2) is 29.0 Å². The zero-order chi connectivity index (χ0) is 14.0. The molecule has 6 heteroatoms. The van der Waals surface area contributed by atoms with Gasteiger partial charge in [-0.15, -0.1) is 0 Å². The van der Waals surface area contributed by atoms with Gasteiger partial charge in [0.1, 0.15) is 0 Å². The van der Waals surface area contributed by atoms with Crippen LogP contribution in [0.1, 0.15) is 13.8 Å². The molecule has 0 saturated carbocycles. The predicted octanol–water partition coefficient (Wildman–Crippen LogP) is 2.49. The molecule has 1 atom stereocenters. The van der Waals surface area contributed by atoms with E-state index in [-0.39, 0.29) is 31.7 Å². The zero-order valence-corrected chi connectivity index (χ0v) is 13.2. The van der Waals surface area contributed by atoms with E-state index < -0.39 is 11.6 Å². The van der Waals surface area contributed by atoms with Gasteiger partial charge >= 0.3 is 5.97 Å². The number of carbonyl (C=O) groups is 1. The van der Waals surface area contributed by atoms with E-state index in [9.17, 15) is 9.90 Å². The van der Waals surface area contributed by atoms with Crippen molar-refractivity contribution in [2.45, 2.75) is 19.4 Å². The van der Waals surface area contributed by atoms with Crippen LogP contribution in [0.3, 0.4) is 0 Å². The van der Waals surface area contributed by atoms with Crippen molar-refractivity contribution < 1.29 is 43.3 Å². The van der Waals surface area contributed by atoms with E-state index in [1.807, 2.05) is 0 Å². The summed E-state index contributed by atoms with van der Waals surface area (Å²) in [5.74, 6) is -1.14. The first-order valence-electron chi connectivity index (χ1n) is 4.95. The zero-order valence-electron chi connectivity index (χ0n) is 11.8. The first kappa shape index (κ1) is 23.5. The number of aliphatic hydroxyl groups excluding tert-OH is 1. The molecule has 0 spiro atoms. The second-order valence-electron chi connectivity index (χ2n) is 3.22. The molecule has 0 saturated heterocycles. The number of carbonyl (C=O) groups excluding carboxylic acids is 1. The summed E-state index contributed by atoms with van der Waals surface area (Å²) in [6.45, 7) is 3.01. The maximum absolute atomic E-state index is 11.3. The topological polar surface area (TPSA) is 76.0 Å². The summed E-state index contributed by atoms with van der Waals surface area (Å²) in [5, 5.41) is 18.0. The van der Waals surface area contributed by atoms with Gasteiger partial charge in [0, 0.05) is 18.6 Å². The monoisotopic (exact) mass is 316 g/mol. The third kappa shape index (κ3) is 8.47. The number of hydrogen-bond donors (Lipinski definition) is 2. The Labute approximate surface area is 130 Å². The minimum absolute atomic E-state index is 0. The van der Waals surface area contributed by atoms with Gasteiger partial charge in [-0.25, -0.2) is 9.68 Å². The van der Waals surface area contributed by atoms with E-state index in [0.717, 1.165) is 19.3 Å². The molecule has 0 aromatic carbocycles. The molecule has 1 radical (unpaired) electrons. The number of hydrogen-bond acceptors (Lipinski definition) is 5. The van der Waals surface area contributed by atoms with E-state index in [0.29, 0.717) is 0 Å². The number of methoxy groups -OCH3 is 1. The number of allylic oxidation sites excluding steroid dienone is 2. The summed E-state index contributed by atoms with van der Waals surface area (Å²) in [4.78, 5) is 15.3. The normalized spacial score (nSPS) is 11.2. The maximum Gasteiger partial charge on any atom is 0.345 e. The minimum atomic E-state index is -1.70. The SMILES string of the molecule is CC=C=C=C=C=C(O)/C=C/C(C)(OO)C(=O)OC.[CH3-].[V]. The van der Waals surface area contributed by atoms with Crippen molar-refractivity contribution in [3.05, 3.63) is 54.3 Å². The fraction of sp³-hybridized carbons (Fsp3) is 0.286. The van der Waals surface area contributed by atoms with Gasteiger partial charge in [-0.2, -0.15) is 0 Å². The largest absolute Gasteiger partial charge is 0.501 e. The Bertz CT molecular complexity index is 498. The van der Waals surface area contributed by atoms with Crippen LogP contribution < -0.4 is 0 Å². The van der Waals surface area contributed by atoms with Crippen molar-refractivity contribution in [1.82, 2.24) is 0 Å². The molecule has 0 rings (SSSR count). The third-order valence-corrected chi connectivity index (χ3v) is 1.81. The fourth-order valence-corrected chi connectivity index (χ4v) is 0.822. The molecule has 0 heterocycles. The number of rotatable bonds is 4. The Morgan fingerprint density at radius 3 is 2.40 bits per heavy atom. The predicted molar refractivity (Wildman–Crippen MR) is 70.1 cm³/mol. The van der Waals surface area contributed by atoms with Crippen LogP contribution in [0.5, 0.6) is 0 Å². The van der Waals surface area contributed by atoms with Crippen molar-refractivity contribution in [3.8, 4) is 0 Å². The molecule has 0 aliphatic rings. The molecule has 1 unspecified atom stereocenters. The Morgan fingerprint density at radius 1 is 1.35 bits per heavy atom. The molecule has 0 aliphatic carbocycles. The molecule has 109 valence electrons. The summed E-state index contributed by atoms with van der Waals surface area (Å²) in [6.07, 6.45) is 3.83. The molecule has 0 aliphatic heterocycles. The van der Waals surface area contributed by atoms with Gasteiger partial charge in [0.2, 0.25) is 5.60 Å². The van der Waals surface area contributed by atoms with Gasteiger partial charge in [0.05, 0.1) is 7.11 Å². The van der Waals surface area contributed by atoms with Gasteiger partial charge in [0.25, 0.3) is 0 Å². The Kier molecular flexibility index (Phi) is 14.6. The Balaban J connectivity index is -0.00000144. The summed E-state index contributed by atoms with van der Waals surface area (Å²) < 4.78 is 4.42. The average molecular weight is 316 g/mol. The molecule has 0 fully saturated rings. The molecule has 0 bridgehead atoms. The van der Waals surface area contributed by atoms with Crippen LogP contribution in [0.4, 0.5) is 0 Å². The minimum Gasteiger partial charge on any atom is -0.501 e. The average Bonchev–Trinajstić information content (AvgIpc) is 2.39. The van der Waals surface area contributed by atoms with Gasteiger partial charge in [0.15, 0.2) is 5.76 Å². The summed E-state index contributed by atoms with van der Waals surface area (Å²) in [6, 6.07) is 0. The van der Waals surface area contributed by atoms with E-state index in [2.05, 4.69) is 32.5 Å².